The van der Waals surface area contributed by atoms with Crippen LogP contribution >= 0.6 is 11.3 Å². The van der Waals surface area contributed by atoms with Crippen LogP contribution in [0.1, 0.15) is 24.9 Å². The first-order valence-electron chi connectivity index (χ1n) is 4.89. The van der Waals surface area contributed by atoms with Crippen molar-refractivity contribution in [3.63, 3.8) is 0 Å². The third-order valence-electron chi connectivity index (χ3n) is 2.42. The summed E-state index contributed by atoms with van der Waals surface area (Å²) in [7, 11) is 0. The molecule has 0 amide bonds. The average Bonchev–Trinajstić information content (AvgIpc) is 2.59. The normalized spacial score (nSPS) is 12.9. The summed E-state index contributed by atoms with van der Waals surface area (Å²) in [5, 5.41) is 3.23. The molecule has 0 spiro atoms. The van der Waals surface area contributed by atoms with Crippen molar-refractivity contribution in [2.45, 2.75) is 19.4 Å². The van der Waals surface area contributed by atoms with Crippen molar-refractivity contribution in [1.82, 2.24) is 0 Å². The Bertz CT molecular complexity index is 489. The van der Waals surface area contributed by atoms with E-state index in [1.165, 1.54) is 10.1 Å². The highest BCUT2D eigenvalue weighted by molar-refractivity contribution is 7.17. The lowest BCUT2D eigenvalue weighted by Gasteiger charge is -2.08. The Kier molecular flexibility index (Phi) is 2.84. The molecule has 0 fully saturated rings. The zero-order chi connectivity index (χ0) is 10.8. The summed E-state index contributed by atoms with van der Waals surface area (Å²) in [6.45, 7) is 1.58. The molecule has 15 heavy (non-hydrogen) atoms. The summed E-state index contributed by atoms with van der Waals surface area (Å²) in [5.74, 6) is 0.137. The van der Waals surface area contributed by atoms with E-state index in [-0.39, 0.29) is 11.8 Å². The molecule has 2 rings (SSSR count). The smallest absolute Gasteiger partial charge is 0.131 e. The summed E-state index contributed by atoms with van der Waals surface area (Å²) < 4.78 is 1.23. The minimum absolute atomic E-state index is 0.137. The van der Waals surface area contributed by atoms with Gasteiger partial charge in [0, 0.05) is 17.2 Å². The molecule has 2 aromatic rings. The van der Waals surface area contributed by atoms with Crippen LogP contribution in [0, 0.1) is 0 Å². The molecule has 0 aliphatic heterocycles. The number of carbonyl (C=O) groups is 1. The first kappa shape index (κ1) is 10.3. The van der Waals surface area contributed by atoms with Crippen LogP contribution in [0.5, 0.6) is 0 Å². The molecule has 1 atom stereocenters. The predicted octanol–water partition coefficient (Wildman–Crippen LogP) is 2.88. The van der Waals surface area contributed by atoms with Gasteiger partial charge >= 0.3 is 0 Å². The molecule has 1 aromatic carbocycles. The Morgan fingerprint density at radius 2 is 2.20 bits per heavy atom. The fourth-order valence-corrected chi connectivity index (χ4v) is 2.73. The van der Waals surface area contributed by atoms with E-state index in [2.05, 4.69) is 17.5 Å². The highest BCUT2D eigenvalue weighted by Gasteiger charge is 2.12. The maximum absolute atomic E-state index is 11.0. The Labute approximate surface area is 92.7 Å². The Morgan fingerprint density at radius 1 is 1.47 bits per heavy atom. The van der Waals surface area contributed by atoms with E-state index in [9.17, 15) is 4.79 Å². The Balaban J connectivity index is 2.39. The molecule has 2 N–H and O–H groups in total. The fourth-order valence-electron chi connectivity index (χ4n) is 1.71. The molecule has 0 aliphatic rings. The van der Waals surface area contributed by atoms with E-state index in [1.807, 2.05) is 12.1 Å². The molecular formula is C12H13NOS. The maximum atomic E-state index is 11.0. The lowest BCUT2D eigenvalue weighted by atomic mass is 10.0. The zero-order valence-corrected chi connectivity index (χ0v) is 9.38. The standard InChI is InChI=1S/C12H13NOS/c1-8(14)6-11(13)10-7-15-12-5-3-2-4-9(10)12/h2-5,7,11H,6,13H2,1H3. The molecule has 1 unspecified atom stereocenters. The van der Waals surface area contributed by atoms with Crippen molar-refractivity contribution in [3.8, 4) is 0 Å². The number of benzene rings is 1. The number of ketones is 1. The topological polar surface area (TPSA) is 43.1 Å². The summed E-state index contributed by atoms with van der Waals surface area (Å²) in [5.41, 5.74) is 7.08. The van der Waals surface area contributed by atoms with Gasteiger partial charge in [-0.1, -0.05) is 18.2 Å². The minimum atomic E-state index is -0.168. The second-order valence-electron chi connectivity index (χ2n) is 3.70. The highest BCUT2D eigenvalue weighted by atomic mass is 32.1. The maximum Gasteiger partial charge on any atom is 0.131 e. The molecule has 2 nitrogen and oxygen atoms in total. The summed E-state index contributed by atoms with van der Waals surface area (Å²) in [4.78, 5) is 11.0. The van der Waals surface area contributed by atoms with Gasteiger partial charge in [-0.2, -0.15) is 0 Å². The summed E-state index contributed by atoms with van der Waals surface area (Å²) in [6, 6.07) is 7.97. The molecule has 0 radical (unpaired) electrons. The quantitative estimate of drug-likeness (QED) is 0.862. The number of hydrogen-bond donors (Lipinski definition) is 1. The number of nitrogens with two attached hydrogens (primary N) is 1. The van der Waals surface area contributed by atoms with E-state index >= 15 is 0 Å². The van der Waals surface area contributed by atoms with Gasteiger partial charge in [-0.25, -0.2) is 0 Å². The van der Waals surface area contributed by atoms with E-state index in [1.54, 1.807) is 18.3 Å². The monoisotopic (exact) mass is 219 g/mol. The molecule has 0 bridgehead atoms. The van der Waals surface area contributed by atoms with Gasteiger partial charge in [0.1, 0.15) is 5.78 Å². The van der Waals surface area contributed by atoms with Crippen LogP contribution in [0.25, 0.3) is 10.1 Å². The third-order valence-corrected chi connectivity index (χ3v) is 3.40. The van der Waals surface area contributed by atoms with Gasteiger partial charge in [0.15, 0.2) is 0 Å². The number of carbonyl (C=O) groups excluding carboxylic acids is 1. The van der Waals surface area contributed by atoms with E-state index in [0.717, 1.165) is 5.56 Å². The molecule has 0 saturated carbocycles. The van der Waals surface area contributed by atoms with Crippen molar-refractivity contribution in [3.05, 3.63) is 35.2 Å². The zero-order valence-electron chi connectivity index (χ0n) is 8.57. The molecule has 1 heterocycles. The Hall–Kier alpha value is -1.19. The second kappa shape index (κ2) is 4.13. The molecule has 0 saturated heterocycles. The number of hydrogen-bond acceptors (Lipinski definition) is 3. The van der Waals surface area contributed by atoms with Crippen LogP contribution in [0.2, 0.25) is 0 Å². The van der Waals surface area contributed by atoms with Crippen LogP contribution in [0.4, 0.5) is 0 Å². The molecular weight excluding hydrogens is 206 g/mol. The second-order valence-corrected chi connectivity index (χ2v) is 4.61. The van der Waals surface area contributed by atoms with Gasteiger partial charge in [0.2, 0.25) is 0 Å². The molecule has 0 aliphatic carbocycles. The summed E-state index contributed by atoms with van der Waals surface area (Å²) in [6.07, 6.45) is 0.417. The van der Waals surface area contributed by atoms with Gasteiger partial charge < -0.3 is 5.73 Å². The van der Waals surface area contributed by atoms with Gasteiger partial charge in [-0.05, 0) is 29.3 Å². The predicted molar refractivity (Wildman–Crippen MR) is 64.1 cm³/mol. The van der Waals surface area contributed by atoms with Crippen LogP contribution in [0.15, 0.2) is 29.6 Å². The average molecular weight is 219 g/mol. The van der Waals surface area contributed by atoms with Crippen LogP contribution in [-0.2, 0) is 4.79 Å². The number of rotatable bonds is 3. The largest absolute Gasteiger partial charge is 0.324 e. The first-order chi connectivity index (χ1) is 7.18. The number of Topliss-reactive ketones (excluding diaryl/α,β-unsaturated/α-hetero) is 1. The van der Waals surface area contributed by atoms with Crippen LogP contribution in [0.3, 0.4) is 0 Å². The van der Waals surface area contributed by atoms with E-state index in [0.29, 0.717) is 6.42 Å². The van der Waals surface area contributed by atoms with E-state index in [4.69, 9.17) is 5.73 Å². The molecule has 3 heteroatoms. The SMILES string of the molecule is CC(=O)CC(N)c1csc2ccccc12. The van der Waals surface area contributed by atoms with Crippen molar-refractivity contribution in [1.29, 1.82) is 0 Å². The molecule has 1 aromatic heterocycles. The van der Waals surface area contributed by atoms with Crippen molar-refractivity contribution in [2.24, 2.45) is 5.73 Å². The molecule has 78 valence electrons. The van der Waals surface area contributed by atoms with E-state index < -0.39 is 0 Å². The third kappa shape index (κ3) is 2.08. The van der Waals surface area contributed by atoms with Crippen LogP contribution in [-0.4, -0.2) is 5.78 Å². The van der Waals surface area contributed by atoms with Gasteiger partial charge in [0.05, 0.1) is 0 Å². The van der Waals surface area contributed by atoms with Gasteiger partial charge in [-0.15, -0.1) is 11.3 Å². The summed E-state index contributed by atoms with van der Waals surface area (Å²) >= 11 is 1.68. The Morgan fingerprint density at radius 3 is 2.93 bits per heavy atom. The van der Waals surface area contributed by atoms with Crippen LogP contribution < -0.4 is 5.73 Å². The number of thiophene rings is 1. The van der Waals surface area contributed by atoms with Gasteiger partial charge in [-0.3, -0.25) is 4.79 Å². The lowest BCUT2D eigenvalue weighted by molar-refractivity contribution is -0.117. The van der Waals surface area contributed by atoms with Crippen molar-refractivity contribution in [2.75, 3.05) is 0 Å². The van der Waals surface area contributed by atoms with Gasteiger partial charge in [0.25, 0.3) is 0 Å². The van der Waals surface area contributed by atoms with Crippen molar-refractivity contribution < 1.29 is 4.79 Å². The fraction of sp³-hybridized carbons (Fsp3) is 0.250. The lowest BCUT2D eigenvalue weighted by Crippen LogP contribution is -2.13. The number of fused-ring (bicyclic) bond motifs is 1. The first-order valence-corrected chi connectivity index (χ1v) is 5.77. The minimum Gasteiger partial charge on any atom is -0.324 e. The van der Waals surface area contributed by atoms with Crippen molar-refractivity contribution >= 4 is 27.2 Å². The highest BCUT2D eigenvalue weighted by Crippen LogP contribution is 2.30.